The summed E-state index contributed by atoms with van der Waals surface area (Å²) in [5.74, 6) is -0.170. The number of nitrogen functional groups attached to an aromatic ring is 2. The van der Waals surface area contributed by atoms with E-state index < -0.39 is 83.4 Å². The minimum absolute atomic E-state index is 0.0442. The Morgan fingerprint density at radius 3 is 2.35 bits per heavy atom. The van der Waals surface area contributed by atoms with E-state index in [4.69, 9.17) is 39.2 Å². The Hall–Kier alpha value is -4.23. The maximum absolute atomic E-state index is 13.5. The van der Waals surface area contributed by atoms with Crippen LogP contribution in [0.3, 0.4) is 0 Å². The standard InChI is InChI=1S/C25H32N12O13P2/c1-2-45-18-17(12(6-46-51(41,42)35-4-3-28-8-35)49-24(18)36-9-31-13-19(26)29-7-30-20(13)36)50-52(43,44)47-5-11-15(38)16(39)23(48-11)37-10-32-14-21(37)33-25(27)34-22(14)40/h3-4,7-12,15-18,23-24,38-39H,2,5-6H2,1H3,(H,41,42)(H,43,44)(H2,26,29,30)(H3,27,33,34,40)/t11-,12-,15-,16-,17-,18-,23-,24-/m1/s1. The fourth-order valence-corrected chi connectivity index (χ4v) is 7.69. The zero-order valence-corrected chi connectivity index (χ0v) is 28.5. The van der Waals surface area contributed by atoms with Gasteiger partial charge >= 0.3 is 15.6 Å². The molecule has 5 aromatic heterocycles. The molecule has 0 aliphatic carbocycles. The van der Waals surface area contributed by atoms with Crippen molar-refractivity contribution >= 4 is 49.7 Å². The zero-order chi connectivity index (χ0) is 36.9. The summed E-state index contributed by atoms with van der Waals surface area (Å²) >= 11 is 0. The summed E-state index contributed by atoms with van der Waals surface area (Å²) in [5.41, 5.74) is 11.2. The molecule has 0 aromatic carbocycles. The van der Waals surface area contributed by atoms with E-state index in [1.165, 1.54) is 34.2 Å². The molecule has 0 spiro atoms. The van der Waals surface area contributed by atoms with Gasteiger partial charge in [-0.2, -0.15) is 4.98 Å². The van der Waals surface area contributed by atoms with Crippen molar-refractivity contribution in [3.63, 3.8) is 0 Å². The van der Waals surface area contributed by atoms with E-state index in [9.17, 15) is 33.9 Å². The van der Waals surface area contributed by atoms with Crippen LogP contribution in [0.1, 0.15) is 19.4 Å². The molecule has 2 fully saturated rings. The lowest BCUT2D eigenvalue weighted by atomic mass is 10.1. The van der Waals surface area contributed by atoms with Gasteiger partial charge in [0.25, 0.3) is 5.56 Å². The molecule has 0 bridgehead atoms. The van der Waals surface area contributed by atoms with Crippen LogP contribution in [0.2, 0.25) is 0 Å². The van der Waals surface area contributed by atoms with Gasteiger partial charge in [-0.05, 0) is 6.92 Å². The van der Waals surface area contributed by atoms with E-state index in [1.54, 1.807) is 6.92 Å². The number of H-pyrrole nitrogens is 1. The van der Waals surface area contributed by atoms with E-state index >= 15 is 0 Å². The maximum Gasteiger partial charge on any atom is 0.472 e. The summed E-state index contributed by atoms with van der Waals surface area (Å²) in [6, 6.07) is 0. The number of phosphoric ester groups is 1. The van der Waals surface area contributed by atoms with Crippen molar-refractivity contribution in [3.8, 4) is 0 Å². The third-order valence-corrected chi connectivity index (χ3v) is 10.5. The second kappa shape index (κ2) is 14.0. The molecule has 2 unspecified atom stereocenters. The summed E-state index contributed by atoms with van der Waals surface area (Å²) < 4.78 is 63.9. The van der Waals surface area contributed by atoms with E-state index in [0.29, 0.717) is 0 Å². The molecular formula is C25H32N12O13P2. The van der Waals surface area contributed by atoms with Crippen LogP contribution < -0.4 is 17.0 Å². The van der Waals surface area contributed by atoms with Gasteiger partial charge in [-0.1, -0.05) is 0 Å². The average molecular weight is 771 g/mol. The topological polar surface area (TPSA) is 347 Å². The molecule has 2 aliphatic heterocycles. The highest BCUT2D eigenvalue weighted by molar-refractivity contribution is 7.51. The third-order valence-electron chi connectivity index (χ3n) is 8.21. The first-order valence-electron chi connectivity index (χ1n) is 15.3. The molecule has 52 heavy (non-hydrogen) atoms. The number of hydrogen-bond acceptors (Lipinski definition) is 19. The van der Waals surface area contributed by atoms with Gasteiger partial charge in [0.2, 0.25) is 5.95 Å². The number of aliphatic hydroxyl groups is 2. The minimum Gasteiger partial charge on any atom is -0.387 e. The smallest absolute Gasteiger partial charge is 0.387 e. The number of nitrogens with two attached hydrogens (primary N) is 2. The highest BCUT2D eigenvalue weighted by Crippen LogP contribution is 2.51. The van der Waals surface area contributed by atoms with E-state index in [2.05, 4.69) is 34.9 Å². The molecule has 25 nitrogen and oxygen atoms in total. The number of nitrogens with one attached hydrogen (secondary N) is 1. The molecule has 2 saturated heterocycles. The number of fused-ring (bicyclic) bond motifs is 2. The van der Waals surface area contributed by atoms with Crippen molar-refractivity contribution in [1.29, 1.82) is 0 Å². The highest BCUT2D eigenvalue weighted by atomic mass is 31.2. The SMILES string of the molecule is CCO[C@@H]1[C@H](OP(=O)(O)OC[C@H]2O[C@@H](n3cnc4c(=O)[nH]c(N)nc43)[C@H](O)[C@@H]2O)[C@@H](COP(=O)(O)n2ccnc2)O[C@H]1n1cnc2c(N)ncnc21. The van der Waals surface area contributed by atoms with Crippen LogP contribution >= 0.6 is 15.6 Å². The average Bonchev–Trinajstić information content (AvgIpc) is 3.93. The highest BCUT2D eigenvalue weighted by Gasteiger charge is 2.52. The minimum atomic E-state index is -5.14. The second-order valence-corrected chi connectivity index (χ2v) is 14.6. The summed E-state index contributed by atoms with van der Waals surface area (Å²) in [6.45, 7) is 0.225. The molecule has 9 N–H and O–H groups in total. The number of rotatable bonds is 13. The molecule has 7 rings (SSSR count). The number of nitrogens with zero attached hydrogens (tertiary/aromatic N) is 9. The van der Waals surface area contributed by atoms with Gasteiger partial charge in [0.15, 0.2) is 35.1 Å². The molecule has 27 heteroatoms. The quantitative estimate of drug-likeness (QED) is 0.0663. The van der Waals surface area contributed by atoms with E-state index in [1.807, 2.05) is 0 Å². The first kappa shape index (κ1) is 36.1. The van der Waals surface area contributed by atoms with Crippen molar-refractivity contribution in [2.24, 2.45) is 0 Å². The van der Waals surface area contributed by atoms with Crippen molar-refractivity contribution in [2.75, 3.05) is 31.3 Å². The summed E-state index contributed by atoms with van der Waals surface area (Å²) in [4.78, 5) is 60.0. The number of imidazole rings is 3. The maximum atomic E-state index is 13.5. The number of aromatic amines is 1. The predicted molar refractivity (Wildman–Crippen MR) is 172 cm³/mol. The Morgan fingerprint density at radius 2 is 1.62 bits per heavy atom. The van der Waals surface area contributed by atoms with Crippen molar-refractivity contribution < 1.29 is 56.9 Å². The lowest BCUT2D eigenvalue weighted by Gasteiger charge is -2.27. The van der Waals surface area contributed by atoms with Crippen LogP contribution in [-0.2, 0) is 36.9 Å². The van der Waals surface area contributed by atoms with Crippen molar-refractivity contribution in [1.82, 2.24) is 48.4 Å². The molecule has 5 aromatic rings. The molecular weight excluding hydrogens is 738 g/mol. The summed E-state index contributed by atoms with van der Waals surface area (Å²) in [7, 11) is -9.66. The van der Waals surface area contributed by atoms with Gasteiger partial charge < -0.3 is 45.7 Å². The van der Waals surface area contributed by atoms with Crippen molar-refractivity contribution in [2.45, 2.75) is 56.0 Å². The Balaban J connectivity index is 1.12. The molecule has 10 atom stereocenters. The van der Waals surface area contributed by atoms with Crippen LogP contribution in [0, 0.1) is 0 Å². The van der Waals surface area contributed by atoms with Gasteiger partial charge in [-0.15, -0.1) is 0 Å². The van der Waals surface area contributed by atoms with Crippen LogP contribution in [0.5, 0.6) is 0 Å². The third kappa shape index (κ3) is 6.73. The molecule has 2 aliphatic rings. The lowest BCUT2D eigenvalue weighted by Crippen LogP contribution is -2.38. The van der Waals surface area contributed by atoms with Gasteiger partial charge in [0, 0.05) is 19.0 Å². The Kier molecular flexibility index (Phi) is 9.70. The number of aromatic nitrogens is 10. The number of ether oxygens (including phenoxy) is 3. The van der Waals surface area contributed by atoms with Gasteiger partial charge in [-0.3, -0.25) is 32.5 Å². The molecule has 280 valence electrons. The van der Waals surface area contributed by atoms with Crippen LogP contribution in [0.4, 0.5) is 11.8 Å². The monoisotopic (exact) mass is 770 g/mol. The van der Waals surface area contributed by atoms with Crippen LogP contribution in [-0.4, -0.2) is 125 Å². The molecule has 0 saturated carbocycles. The number of aliphatic hydroxyl groups excluding tert-OH is 2. The fraction of sp³-hybridized carbons (Fsp3) is 0.480. The first-order valence-corrected chi connectivity index (χ1v) is 18.4. The molecule has 0 radical (unpaired) electrons. The second-order valence-electron chi connectivity index (χ2n) is 11.5. The Bertz CT molecular complexity index is 2220. The van der Waals surface area contributed by atoms with Crippen LogP contribution in [0.25, 0.3) is 22.3 Å². The first-order chi connectivity index (χ1) is 24.8. The zero-order valence-electron chi connectivity index (χ0n) is 26.7. The molecule has 0 amide bonds. The summed E-state index contributed by atoms with van der Waals surface area (Å²) in [5, 5.41) is 21.5. The fourth-order valence-electron chi connectivity index (χ4n) is 5.84. The van der Waals surface area contributed by atoms with Crippen LogP contribution in [0.15, 0.2) is 42.5 Å². The summed E-state index contributed by atoms with van der Waals surface area (Å²) in [6.07, 6.45) is -4.11. The van der Waals surface area contributed by atoms with Crippen molar-refractivity contribution in [3.05, 3.63) is 48.1 Å². The molecule has 7 heterocycles. The number of anilines is 2. The largest absolute Gasteiger partial charge is 0.472 e. The normalized spacial score (nSPS) is 28.8. The van der Waals surface area contributed by atoms with Gasteiger partial charge in [0.05, 0.1) is 25.9 Å². The number of hydrogen-bond donors (Lipinski definition) is 7. The van der Waals surface area contributed by atoms with Gasteiger partial charge in [0.1, 0.15) is 54.8 Å². The van der Waals surface area contributed by atoms with E-state index in [-0.39, 0.29) is 40.7 Å². The predicted octanol–water partition coefficient (Wildman–Crippen LogP) is -1.59. The lowest BCUT2D eigenvalue weighted by molar-refractivity contribution is -0.0681. The Morgan fingerprint density at radius 1 is 0.904 bits per heavy atom. The van der Waals surface area contributed by atoms with Gasteiger partial charge in [-0.25, -0.2) is 38.4 Å². The number of phosphoric acid groups is 1. The Labute approximate surface area is 290 Å². The van der Waals surface area contributed by atoms with E-state index in [0.717, 1.165) is 17.0 Å².